The van der Waals surface area contributed by atoms with Crippen LogP contribution in [0.1, 0.15) is 41.4 Å². The number of aryl methyl sites for hydroxylation is 2. The number of thiazole rings is 1. The number of carbonyl (C=O) groups excluding carboxylic acids is 1. The Kier molecular flexibility index (Phi) is 5.51. The molecule has 166 valence electrons. The minimum atomic E-state index is -0.0895. The number of hydrogen-bond acceptors (Lipinski definition) is 6. The van der Waals surface area contributed by atoms with Gasteiger partial charge in [0, 0.05) is 31.3 Å². The van der Waals surface area contributed by atoms with E-state index in [1.54, 1.807) is 17.4 Å². The van der Waals surface area contributed by atoms with Gasteiger partial charge in [0.15, 0.2) is 17.1 Å². The normalized spacial score (nSPS) is 14.9. The molecule has 2 aromatic heterocycles. The highest BCUT2D eigenvalue weighted by Crippen LogP contribution is 2.34. The van der Waals surface area contributed by atoms with Crippen LogP contribution in [-0.2, 0) is 0 Å². The van der Waals surface area contributed by atoms with Gasteiger partial charge in [0.2, 0.25) is 0 Å². The summed E-state index contributed by atoms with van der Waals surface area (Å²) in [7, 11) is 0. The van der Waals surface area contributed by atoms with E-state index >= 15 is 0 Å². The van der Waals surface area contributed by atoms with Gasteiger partial charge in [0.1, 0.15) is 6.10 Å². The number of fused-ring (bicyclic) bond motifs is 2. The molecule has 6 nitrogen and oxygen atoms in total. The summed E-state index contributed by atoms with van der Waals surface area (Å²) >= 11 is 1.60. The predicted molar refractivity (Wildman–Crippen MR) is 126 cm³/mol. The van der Waals surface area contributed by atoms with E-state index in [0.29, 0.717) is 42.0 Å². The monoisotopic (exact) mass is 450 g/mol. The summed E-state index contributed by atoms with van der Waals surface area (Å²) in [5.41, 5.74) is 4.03. The standard InChI is InChI=1S/C25H26N2O4S/c1-4-29-19-7-5-6-17-14-20(31-22(17)19)24(28)27-12-10-18(11-13-27)30-25-26-21-15(2)8-9-16(3)23(21)32-25/h5-9,14,18H,4,10-13H2,1-3H3. The Morgan fingerprint density at radius 3 is 2.72 bits per heavy atom. The van der Waals surface area contributed by atoms with Gasteiger partial charge in [-0.2, -0.15) is 0 Å². The molecule has 1 fully saturated rings. The Labute approximate surface area is 190 Å². The summed E-state index contributed by atoms with van der Waals surface area (Å²) < 4.78 is 18.9. The molecule has 0 unspecified atom stereocenters. The molecule has 0 saturated carbocycles. The molecule has 3 heterocycles. The van der Waals surface area contributed by atoms with Crippen molar-refractivity contribution < 1.29 is 18.7 Å². The van der Waals surface area contributed by atoms with Crippen molar-refractivity contribution in [2.24, 2.45) is 0 Å². The number of para-hydroxylation sites is 1. The molecule has 2 aromatic carbocycles. The lowest BCUT2D eigenvalue weighted by atomic mass is 10.1. The molecule has 32 heavy (non-hydrogen) atoms. The molecule has 0 radical (unpaired) electrons. The minimum Gasteiger partial charge on any atom is -0.490 e. The number of hydrogen-bond donors (Lipinski definition) is 0. The van der Waals surface area contributed by atoms with Crippen molar-refractivity contribution in [1.29, 1.82) is 0 Å². The summed E-state index contributed by atoms with van der Waals surface area (Å²) in [6.07, 6.45) is 1.59. The third-order valence-corrected chi connectivity index (χ3v) is 7.02. The number of furan rings is 1. The molecule has 0 aliphatic carbocycles. The van der Waals surface area contributed by atoms with E-state index < -0.39 is 0 Å². The molecule has 0 atom stereocenters. The van der Waals surface area contributed by atoms with Crippen LogP contribution in [0.25, 0.3) is 21.2 Å². The lowest BCUT2D eigenvalue weighted by molar-refractivity contribution is 0.0568. The van der Waals surface area contributed by atoms with Gasteiger partial charge in [0.25, 0.3) is 11.1 Å². The Hall–Kier alpha value is -3.06. The maximum atomic E-state index is 13.0. The van der Waals surface area contributed by atoms with Crippen molar-refractivity contribution in [3.63, 3.8) is 0 Å². The SMILES string of the molecule is CCOc1cccc2cc(C(=O)N3CCC(Oc4nc5c(C)ccc(C)c5s4)CC3)oc12. The van der Waals surface area contributed by atoms with Crippen LogP contribution in [0, 0.1) is 13.8 Å². The van der Waals surface area contributed by atoms with E-state index in [9.17, 15) is 4.79 Å². The van der Waals surface area contributed by atoms with E-state index in [2.05, 4.69) is 26.0 Å². The number of rotatable bonds is 5. The summed E-state index contributed by atoms with van der Waals surface area (Å²) in [5, 5.41) is 1.59. The molecule has 7 heteroatoms. The van der Waals surface area contributed by atoms with Crippen LogP contribution in [0.15, 0.2) is 40.8 Å². The summed E-state index contributed by atoms with van der Waals surface area (Å²) in [5.74, 6) is 0.925. The first-order valence-corrected chi connectivity index (χ1v) is 11.8. The maximum Gasteiger partial charge on any atom is 0.289 e. The lowest BCUT2D eigenvalue weighted by Gasteiger charge is -2.31. The third kappa shape index (κ3) is 3.81. The first kappa shape index (κ1) is 20.8. The average Bonchev–Trinajstić information content (AvgIpc) is 3.42. The van der Waals surface area contributed by atoms with Gasteiger partial charge in [-0.15, -0.1) is 0 Å². The highest BCUT2D eigenvalue weighted by atomic mass is 32.1. The zero-order valence-electron chi connectivity index (χ0n) is 18.5. The quantitative estimate of drug-likeness (QED) is 0.388. The third-order valence-electron chi connectivity index (χ3n) is 5.94. The highest BCUT2D eigenvalue weighted by Gasteiger charge is 2.28. The van der Waals surface area contributed by atoms with E-state index in [0.717, 1.165) is 29.3 Å². The smallest absolute Gasteiger partial charge is 0.289 e. The van der Waals surface area contributed by atoms with Crippen LogP contribution in [0.2, 0.25) is 0 Å². The molecule has 4 aromatic rings. The molecule has 1 amide bonds. The van der Waals surface area contributed by atoms with Gasteiger partial charge in [-0.05, 0) is 44.0 Å². The van der Waals surface area contributed by atoms with Crippen molar-refractivity contribution in [1.82, 2.24) is 9.88 Å². The van der Waals surface area contributed by atoms with Crippen molar-refractivity contribution >= 4 is 38.4 Å². The number of amides is 1. The minimum absolute atomic E-state index is 0.0560. The number of nitrogens with zero attached hydrogens (tertiary/aromatic N) is 2. The average molecular weight is 451 g/mol. The molecule has 0 bridgehead atoms. The van der Waals surface area contributed by atoms with Crippen LogP contribution in [0.3, 0.4) is 0 Å². The first-order chi connectivity index (χ1) is 15.5. The molecule has 5 rings (SSSR count). The van der Waals surface area contributed by atoms with E-state index in [4.69, 9.17) is 18.9 Å². The van der Waals surface area contributed by atoms with Crippen molar-refractivity contribution in [3.05, 3.63) is 53.3 Å². The molecular formula is C25H26N2O4S. The largest absolute Gasteiger partial charge is 0.490 e. The topological polar surface area (TPSA) is 64.8 Å². The second-order valence-corrected chi connectivity index (χ2v) is 9.15. The van der Waals surface area contributed by atoms with Crippen molar-refractivity contribution in [2.45, 2.75) is 39.7 Å². The fraction of sp³-hybridized carbons (Fsp3) is 0.360. The molecular weight excluding hydrogens is 424 g/mol. The highest BCUT2D eigenvalue weighted by molar-refractivity contribution is 7.20. The summed E-state index contributed by atoms with van der Waals surface area (Å²) in [6, 6.07) is 11.7. The lowest BCUT2D eigenvalue weighted by Crippen LogP contribution is -2.41. The number of ether oxygens (including phenoxy) is 2. The van der Waals surface area contributed by atoms with Crippen molar-refractivity contribution in [3.8, 4) is 10.9 Å². The second kappa shape index (κ2) is 8.47. The maximum absolute atomic E-state index is 13.0. The van der Waals surface area contributed by atoms with Gasteiger partial charge >= 0.3 is 0 Å². The fourth-order valence-electron chi connectivity index (χ4n) is 4.18. The Morgan fingerprint density at radius 2 is 1.97 bits per heavy atom. The molecule has 0 N–H and O–H groups in total. The second-order valence-electron chi connectivity index (χ2n) is 8.18. The molecule has 1 aliphatic rings. The van der Waals surface area contributed by atoms with Gasteiger partial charge in [0.05, 0.1) is 16.8 Å². The molecule has 1 saturated heterocycles. The van der Waals surface area contributed by atoms with Gasteiger partial charge in [-0.25, -0.2) is 4.98 Å². The Bertz CT molecular complexity index is 1250. The first-order valence-electron chi connectivity index (χ1n) is 11.0. The Morgan fingerprint density at radius 1 is 1.19 bits per heavy atom. The summed E-state index contributed by atoms with van der Waals surface area (Å²) in [4.78, 5) is 19.6. The zero-order valence-corrected chi connectivity index (χ0v) is 19.3. The van der Waals surface area contributed by atoms with Crippen LogP contribution in [-0.4, -0.2) is 41.6 Å². The summed E-state index contributed by atoms with van der Waals surface area (Å²) in [6.45, 7) is 7.90. The zero-order chi connectivity index (χ0) is 22.2. The number of carbonyl (C=O) groups is 1. The Balaban J connectivity index is 1.25. The van der Waals surface area contributed by atoms with Crippen molar-refractivity contribution in [2.75, 3.05) is 19.7 Å². The van der Waals surface area contributed by atoms with E-state index in [-0.39, 0.29) is 12.0 Å². The van der Waals surface area contributed by atoms with Gasteiger partial charge in [-0.1, -0.05) is 35.6 Å². The molecule has 0 spiro atoms. The number of aromatic nitrogens is 1. The predicted octanol–water partition coefficient (Wildman–Crippen LogP) is 5.74. The fourth-order valence-corrected chi connectivity index (χ4v) is 5.20. The van der Waals surface area contributed by atoms with Crippen LogP contribution < -0.4 is 9.47 Å². The van der Waals surface area contributed by atoms with E-state index in [1.807, 2.05) is 30.0 Å². The van der Waals surface area contributed by atoms with Gasteiger partial charge in [-0.3, -0.25) is 4.79 Å². The molecule has 1 aliphatic heterocycles. The number of likely N-dealkylation sites (tertiary alicyclic amines) is 1. The number of benzene rings is 2. The number of piperidine rings is 1. The van der Waals surface area contributed by atoms with Crippen LogP contribution in [0.4, 0.5) is 0 Å². The van der Waals surface area contributed by atoms with Gasteiger partial charge < -0.3 is 18.8 Å². The van der Waals surface area contributed by atoms with Crippen LogP contribution >= 0.6 is 11.3 Å². The van der Waals surface area contributed by atoms with E-state index in [1.165, 1.54) is 10.3 Å². The van der Waals surface area contributed by atoms with Crippen LogP contribution in [0.5, 0.6) is 10.9 Å².